The molecule has 0 aliphatic heterocycles. The molecule has 1 heterocycles. The predicted molar refractivity (Wildman–Crippen MR) is 82.6 cm³/mol. The Balaban J connectivity index is 2.28. The van der Waals surface area contributed by atoms with Crippen molar-refractivity contribution in [1.82, 2.24) is 15.3 Å². The van der Waals surface area contributed by atoms with Crippen molar-refractivity contribution in [3.63, 3.8) is 0 Å². The van der Waals surface area contributed by atoms with E-state index in [2.05, 4.69) is 53.4 Å². The molecular formula is C17H23N3. The second-order valence-corrected chi connectivity index (χ2v) is 4.99. The van der Waals surface area contributed by atoms with Crippen LogP contribution in [-0.4, -0.2) is 16.5 Å². The molecule has 0 radical (unpaired) electrons. The minimum atomic E-state index is 0.0768. The highest BCUT2D eigenvalue weighted by molar-refractivity contribution is 5.29. The Hall–Kier alpha value is -1.74. The molecule has 1 atom stereocenters. The lowest BCUT2D eigenvalue weighted by Gasteiger charge is -2.18. The van der Waals surface area contributed by atoms with Gasteiger partial charge >= 0.3 is 0 Å². The lowest BCUT2D eigenvalue weighted by Crippen LogP contribution is -2.25. The summed E-state index contributed by atoms with van der Waals surface area (Å²) in [6.45, 7) is 5.34. The molecule has 0 aliphatic carbocycles. The maximum atomic E-state index is 4.41. The van der Waals surface area contributed by atoms with Crippen molar-refractivity contribution in [3.8, 4) is 0 Å². The van der Waals surface area contributed by atoms with Crippen LogP contribution in [0.15, 0.2) is 42.7 Å². The third-order valence-corrected chi connectivity index (χ3v) is 3.27. The van der Waals surface area contributed by atoms with Gasteiger partial charge in [0.1, 0.15) is 5.82 Å². The summed E-state index contributed by atoms with van der Waals surface area (Å²) in [7, 11) is 0. The van der Waals surface area contributed by atoms with Crippen LogP contribution < -0.4 is 5.32 Å². The zero-order valence-electron chi connectivity index (χ0n) is 12.3. The first-order valence-corrected chi connectivity index (χ1v) is 7.44. The fourth-order valence-corrected chi connectivity index (χ4v) is 2.32. The second kappa shape index (κ2) is 7.75. The molecular weight excluding hydrogens is 246 g/mol. The molecule has 0 saturated heterocycles. The van der Waals surface area contributed by atoms with E-state index < -0.39 is 0 Å². The Morgan fingerprint density at radius 3 is 2.55 bits per heavy atom. The van der Waals surface area contributed by atoms with Gasteiger partial charge in [0.05, 0.1) is 6.04 Å². The molecule has 0 spiro atoms. The predicted octanol–water partition coefficient (Wildman–Crippen LogP) is 3.52. The lowest BCUT2D eigenvalue weighted by atomic mass is 10.0. The van der Waals surface area contributed by atoms with Gasteiger partial charge in [0.2, 0.25) is 0 Å². The van der Waals surface area contributed by atoms with Crippen LogP contribution in [0.25, 0.3) is 0 Å². The standard InChI is InChI=1S/C17H23N3/c1-3-7-14-8-5-9-15(13-14)16(18-10-4-2)17-19-11-6-12-20-17/h5-6,8-9,11-13,16,18H,3-4,7,10H2,1-2H3. The van der Waals surface area contributed by atoms with Gasteiger partial charge in [-0.3, -0.25) is 0 Å². The average Bonchev–Trinajstić information content (AvgIpc) is 2.50. The lowest BCUT2D eigenvalue weighted by molar-refractivity contribution is 0.571. The van der Waals surface area contributed by atoms with Gasteiger partial charge in [0.25, 0.3) is 0 Å². The third-order valence-electron chi connectivity index (χ3n) is 3.27. The quantitative estimate of drug-likeness (QED) is 0.835. The number of rotatable bonds is 7. The van der Waals surface area contributed by atoms with E-state index in [1.807, 2.05) is 6.07 Å². The van der Waals surface area contributed by atoms with E-state index in [1.165, 1.54) is 17.5 Å². The molecule has 2 rings (SSSR count). The molecule has 1 aromatic heterocycles. The molecule has 20 heavy (non-hydrogen) atoms. The van der Waals surface area contributed by atoms with E-state index >= 15 is 0 Å². The van der Waals surface area contributed by atoms with E-state index in [0.717, 1.165) is 25.2 Å². The van der Waals surface area contributed by atoms with Crippen molar-refractivity contribution < 1.29 is 0 Å². The van der Waals surface area contributed by atoms with Gasteiger partial charge in [-0.25, -0.2) is 9.97 Å². The smallest absolute Gasteiger partial charge is 0.149 e. The first-order valence-electron chi connectivity index (χ1n) is 7.44. The molecule has 1 unspecified atom stereocenters. The van der Waals surface area contributed by atoms with Gasteiger partial charge < -0.3 is 5.32 Å². The Bertz CT molecular complexity index is 511. The zero-order chi connectivity index (χ0) is 14.2. The van der Waals surface area contributed by atoms with E-state index in [1.54, 1.807) is 12.4 Å². The number of benzene rings is 1. The first kappa shape index (κ1) is 14.7. The summed E-state index contributed by atoms with van der Waals surface area (Å²) in [4.78, 5) is 8.82. The van der Waals surface area contributed by atoms with Gasteiger partial charge in [-0.05, 0) is 36.6 Å². The molecule has 0 saturated carbocycles. The van der Waals surface area contributed by atoms with E-state index in [-0.39, 0.29) is 6.04 Å². The van der Waals surface area contributed by atoms with Crippen LogP contribution in [0.2, 0.25) is 0 Å². The minimum absolute atomic E-state index is 0.0768. The van der Waals surface area contributed by atoms with Crippen molar-refractivity contribution in [3.05, 3.63) is 59.7 Å². The molecule has 0 fully saturated rings. The summed E-state index contributed by atoms with van der Waals surface area (Å²) in [5.74, 6) is 0.842. The molecule has 1 N–H and O–H groups in total. The summed E-state index contributed by atoms with van der Waals surface area (Å²) in [5.41, 5.74) is 2.62. The highest BCUT2D eigenvalue weighted by atomic mass is 15.0. The fourth-order valence-electron chi connectivity index (χ4n) is 2.32. The Morgan fingerprint density at radius 1 is 1.05 bits per heavy atom. The maximum Gasteiger partial charge on any atom is 0.149 e. The largest absolute Gasteiger partial charge is 0.304 e. The number of nitrogens with one attached hydrogen (secondary N) is 1. The molecule has 106 valence electrons. The summed E-state index contributed by atoms with van der Waals surface area (Å²) in [6.07, 6.45) is 6.98. The number of aryl methyl sites for hydroxylation is 1. The molecule has 0 bridgehead atoms. The average molecular weight is 269 g/mol. The third kappa shape index (κ3) is 3.87. The van der Waals surface area contributed by atoms with Crippen molar-refractivity contribution in [2.24, 2.45) is 0 Å². The van der Waals surface area contributed by atoms with Gasteiger partial charge in [-0.1, -0.05) is 44.5 Å². The number of hydrogen-bond donors (Lipinski definition) is 1. The topological polar surface area (TPSA) is 37.8 Å². The van der Waals surface area contributed by atoms with Crippen LogP contribution in [0.3, 0.4) is 0 Å². The van der Waals surface area contributed by atoms with Crippen LogP contribution in [-0.2, 0) is 6.42 Å². The summed E-state index contributed by atoms with van der Waals surface area (Å²) < 4.78 is 0. The van der Waals surface area contributed by atoms with Crippen molar-refractivity contribution in [1.29, 1.82) is 0 Å². The minimum Gasteiger partial charge on any atom is -0.304 e. The summed E-state index contributed by atoms with van der Waals surface area (Å²) in [6, 6.07) is 10.7. The highest BCUT2D eigenvalue weighted by Gasteiger charge is 2.15. The fraction of sp³-hybridized carbons (Fsp3) is 0.412. The van der Waals surface area contributed by atoms with Crippen molar-refractivity contribution in [2.75, 3.05) is 6.54 Å². The van der Waals surface area contributed by atoms with Crippen LogP contribution in [0.1, 0.15) is 49.7 Å². The van der Waals surface area contributed by atoms with Crippen LogP contribution in [0, 0.1) is 0 Å². The van der Waals surface area contributed by atoms with Gasteiger partial charge in [-0.2, -0.15) is 0 Å². The number of aromatic nitrogens is 2. The maximum absolute atomic E-state index is 4.41. The SMILES string of the molecule is CCCNC(c1cccc(CCC)c1)c1ncccn1. The van der Waals surface area contributed by atoms with Gasteiger partial charge in [0, 0.05) is 12.4 Å². The molecule has 0 aliphatic rings. The Morgan fingerprint density at radius 2 is 1.85 bits per heavy atom. The van der Waals surface area contributed by atoms with E-state index in [0.29, 0.717) is 0 Å². The summed E-state index contributed by atoms with van der Waals surface area (Å²) in [5, 5.41) is 3.55. The van der Waals surface area contributed by atoms with Gasteiger partial charge in [-0.15, -0.1) is 0 Å². The Kier molecular flexibility index (Phi) is 5.69. The van der Waals surface area contributed by atoms with Crippen LogP contribution in [0.4, 0.5) is 0 Å². The highest BCUT2D eigenvalue weighted by Crippen LogP contribution is 2.20. The number of hydrogen-bond acceptors (Lipinski definition) is 3. The van der Waals surface area contributed by atoms with Crippen LogP contribution >= 0.6 is 0 Å². The molecule has 1 aromatic carbocycles. The monoisotopic (exact) mass is 269 g/mol. The van der Waals surface area contributed by atoms with Crippen molar-refractivity contribution in [2.45, 2.75) is 39.2 Å². The zero-order valence-corrected chi connectivity index (χ0v) is 12.3. The molecule has 3 nitrogen and oxygen atoms in total. The normalized spacial score (nSPS) is 12.3. The molecule has 0 amide bonds. The molecule has 3 heteroatoms. The van der Waals surface area contributed by atoms with Gasteiger partial charge in [0.15, 0.2) is 0 Å². The summed E-state index contributed by atoms with van der Waals surface area (Å²) >= 11 is 0. The Labute approximate surface area is 121 Å². The van der Waals surface area contributed by atoms with E-state index in [4.69, 9.17) is 0 Å². The number of nitrogens with zero attached hydrogens (tertiary/aromatic N) is 2. The van der Waals surface area contributed by atoms with Crippen LogP contribution in [0.5, 0.6) is 0 Å². The molecule has 2 aromatic rings. The first-order chi connectivity index (χ1) is 9.85. The second-order valence-electron chi connectivity index (χ2n) is 4.99. The van der Waals surface area contributed by atoms with E-state index in [9.17, 15) is 0 Å². The van der Waals surface area contributed by atoms with Crippen molar-refractivity contribution >= 4 is 0 Å².